The third-order valence-corrected chi connectivity index (χ3v) is 5.68. The number of amides is 1. The van der Waals surface area contributed by atoms with E-state index in [1.165, 1.54) is 32.2 Å². The Labute approximate surface area is 205 Å². The predicted molar refractivity (Wildman–Crippen MR) is 134 cm³/mol. The quantitative estimate of drug-likeness (QED) is 0.150. The van der Waals surface area contributed by atoms with Gasteiger partial charge in [0.2, 0.25) is 0 Å². The Morgan fingerprint density at radius 1 is 1.17 bits per heavy atom. The summed E-state index contributed by atoms with van der Waals surface area (Å²) in [6.45, 7) is 5.57. The van der Waals surface area contributed by atoms with E-state index < -0.39 is 28.8 Å². The second kappa shape index (κ2) is 14.1. The molecule has 0 aliphatic carbocycles. The number of aliphatic imine (C=N–C) groups is 1. The largest absolute Gasteiger partial charge is 0.507 e. The molecule has 0 bridgehead atoms. The first-order chi connectivity index (χ1) is 16.8. The third-order valence-electron chi connectivity index (χ3n) is 5.68. The molecule has 0 fully saturated rings. The lowest BCUT2D eigenvalue weighted by Crippen LogP contribution is -2.16. The maximum atomic E-state index is 12.9. The highest BCUT2D eigenvalue weighted by Gasteiger charge is 2.22. The van der Waals surface area contributed by atoms with Gasteiger partial charge >= 0.3 is 11.7 Å². The van der Waals surface area contributed by atoms with Gasteiger partial charge in [0.25, 0.3) is 0 Å². The van der Waals surface area contributed by atoms with E-state index in [9.17, 15) is 19.5 Å². The van der Waals surface area contributed by atoms with Crippen LogP contribution in [0.15, 0.2) is 42.4 Å². The second-order valence-electron chi connectivity index (χ2n) is 8.58. The molecule has 1 unspecified atom stereocenters. The number of allylic oxidation sites excluding steroid dienone is 1. The maximum absolute atomic E-state index is 12.9. The average molecular weight is 486 g/mol. The first kappa shape index (κ1) is 27.8. The van der Waals surface area contributed by atoms with E-state index in [1.807, 2.05) is 13.0 Å². The first-order valence-electron chi connectivity index (χ1n) is 12.1. The van der Waals surface area contributed by atoms with E-state index in [-0.39, 0.29) is 17.3 Å². The van der Waals surface area contributed by atoms with E-state index in [0.29, 0.717) is 25.0 Å². The zero-order valence-corrected chi connectivity index (χ0v) is 21.0. The molecule has 1 N–H and O–H groups in total. The number of ether oxygens (including phenoxy) is 1. The van der Waals surface area contributed by atoms with Crippen LogP contribution in [0, 0.1) is 0 Å². The van der Waals surface area contributed by atoms with Crippen LogP contribution >= 0.6 is 0 Å². The first-order valence-corrected chi connectivity index (χ1v) is 12.1. The monoisotopic (exact) mass is 485 g/mol. The summed E-state index contributed by atoms with van der Waals surface area (Å²) in [4.78, 5) is 40.0. The highest BCUT2D eigenvalue weighted by Crippen LogP contribution is 2.26. The van der Waals surface area contributed by atoms with Crippen molar-refractivity contribution in [1.29, 1.82) is 0 Å². The molecule has 8 heteroatoms. The van der Waals surface area contributed by atoms with Crippen LogP contribution in [-0.4, -0.2) is 30.3 Å². The number of carbonyl (C=O) groups is 2. The smallest absolute Gasteiger partial charge is 0.432 e. The number of carbonyl (C=O) groups excluding carboxylic acids is 2. The van der Waals surface area contributed by atoms with E-state index in [2.05, 4.69) is 16.7 Å². The molecular weight excluding hydrogens is 450 g/mol. The third kappa shape index (κ3) is 8.70. The number of ketones is 1. The van der Waals surface area contributed by atoms with Crippen LogP contribution in [0.4, 0.5) is 4.79 Å². The van der Waals surface area contributed by atoms with E-state index >= 15 is 0 Å². The van der Waals surface area contributed by atoms with Crippen LogP contribution in [0.5, 0.6) is 5.75 Å². The lowest BCUT2D eigenvalue weighted by molar-refractivity contribution is 0.102. The van der Waals surface area contributed by atoms with Crippen LogP contribution in [0.25, 0.3) is 6.08 Å². The molecule has 0 aliphatic heterocycles. The lowest BCUT2D eigenvalue weighted by Gasteiger charge is -2.11. The SMILES string of the molecule is CCCCCCc1ccc(C=C(C)C(=O)c2c(O)cc(C(C)CCCC=NC(=O)OC)oc2=O)o1. The van der Waals surface area contributed by atoms with Gasteiger partial charge in [0.05, 0.1) is 7.11 Å². The summed E-state index contributed by atoms with van der Waals surface area (Å²) in [7, 11) is 1.26. The topological polar surface area (TPSA) is 119 Å². The molecule has 190 valence electrons. The van der Waals surface area contributed by atoms with Crippen LogP contribution < -0.4 is 5.63 Å². The van der Waals surface area contributed by atoms with E-state index in [0.717, 1.165) is 25.0 Å². The van der Waals surface area contributed by atoms with Crippen molar-refractivity contribution in [2.24, 2.45) is 4.99 Å². The zero-order chi connectivity index (χ0) is 25.8. The number of nitrogens with zero attached hydrogens (tertiary/aromatic N) is 1. The van der Waals surface area contributed by atoms with Crippen LogP contribution in [0.3, 0.4) is 0 Å². The molecule has 0 radical (unpaired) electrons. The van der Waals surface area contributed by atoms with Gasteiger partial charge < -0.3 is 18.7 Å². The van der Waals surface area contributed by atoms with Crippen LogP contribution in [0.2, 0.25) is 0 Å². The zero-order valence-electron chi connectivity index (χ0n) is 21.0. The van der Waals surface area contributed by atoms with Gasteiger partial charge in [-0.05, 0) is 50.8 Å². The summed E-state index contributed by atoms with van der Waals surface area (Å²) in [5.74, 6) is 0.449. The second-order valence-corrected chi connectivity index (χ2v) is 8.58. The number of furan rings is 1. The van der Waals surface area contributed by atoms with Crippen molar-refractivity contribution >= 4 is 24.2 Å². The molecule has 2 rings (SSSR count). The number of methoxy groups -OCH3 is 1. The number of unbranched alkanes of at least 4 members (excludes halogenated alkanes) is 4. The van der Waals surface area contributed by atoms with Gasteiger partial charge in [-0.2, -0.15) is 4.99 Å². The number of aryl methyl sites for hydroxylation is 1. The summed E-state index contributed by atoms with van der Waals surface area (Å²) in [6, 6.07) is 4.99. The molecule has 8 nitrogen and oxygen atoms in total. The highest BCUT2D eigenvalue weighted by molar-refractivity contribution is 6.11. The Hall–Kier alpha value is -3.42. The van der Waals surface area contributed by atoms with Crippen molar-refractivity contribution in [3.63, 3.8) is 0 Å². The number of hydrogen-bond donors (Lipinski definition) is 1. The van der Waals surface area contributed by atoms with Gasteiger partial charge in [-0.15, -0.1) is 0 Å². The van der Waals surface area contributed by atoms with Gasteiger partial charge in [0.1, 0.15) is 28.6 Å². The molecular formula is C27H35NO7. The van der Waals surface area contributed by atoms with Crippen molar-refractivity contribution in [2.45, 2.75) is 78.1 Å². The summed E-state index contributed by atoms with van der Waals surface area (Å²) in [5, 5.41) is 10.4. The summed E-state index contributed by atoms with van der Waals surface area (Å²) < 4.78 is 15.6. The molecule has 35 heavy (non-hydrogen) atoms. The number of rotatable bonds is 13. The molecule has 1 amide bonds. The van der Waals surface area contributed by atoms with Crippen LogP contribution in [0.1, 0.15) is 99.3 Å². The van der Waals surface area contributed by atoms with Crippen LogP contribution in [-0.2, 0) is 11.2 Å². The average Bonchev–Trinajstić information content (AvgIpc) is 3.27. The molecule has 0 saturated heterocycles. The minimum Gasteiger partial charge on any atom is -0.507 e. The standard InChI is InChI=1S/C27H35NO7/c1-5-6-7-8-12-20-13-14-21(34-20)16-19(3)25(30)24-22(29)17-23(35-26(24)31)18(2)11-9-10-15-28-27(32)33-4/h13-18,29H,5-12H2,1-4H3. The fourth-order valence-electron chi connectivity index (χ4n) is 3.61. The predicted octanol–water partition coefficient (Wildman–Crippen LogP) is 6.46. The van der Waals surface area contributed by atoms with E-state index in [4.69, 9.17) is 8.83 Å². The summed E-state index contributed by atoms with van der Waals surface area (Å²) in [6.07, 6.45) is 9.61. The number of hydrogen-bond acceptors (Lipinski definition) is 7. The molecule has 2 heterocycles. The maximum Gasteiger partial charge on any atom is 0.432 e. The summed E-state index contributed by atoms with van der Waals surface area (Å²) >= 11 is 0. The van der Waals surface area contributed by atoms with Crippen molar-refractivity contribution in [1.82, 2.24) is 0 Å². The van der Waals surface area contributed by atoms with E-state index in [1.54, 1.807) is 19.1 Å². The molecule has 0 aromatic carbocycles. The molecule has 2 aromatic rings. The van der Waals surface area contributed by atoms with Gasteiger partial charge in [-0.25, -0.2) is 9.59 Å². The van der Waals surface area contributed by atoms with Gasteiger partial charge in [-0.1, -0.05) is 33.1 Å². The van der Waals surface area contributed by atoms with Crippen molar-refractivity contribution < 1.29 is 28.3 Å². The fourth-order valence-corrected chi connectivity index (χ4v) is 3.61. The minimum absolute atomic E-state index is 0.181. The fraction of sp³-hybridized carbons (Fsp3) is 0.481. The molecule has 0 aliphatic rings. The Kier molecular flexibility index (Phi) is 11.2. The van der Waals surface area contributed by atoms with Crippen molar-refractivity contribution in [2.75, 3.05) is 7.11 Å². The molecule has 0 saturated carbocycles. The molecule has 0 spiro atoms. The summed E-state index contributed by atoms with van der Waals surface area (Å²) in [5.41, 5.74) is -1.02. The lowest BCUT2D eigenvalue weighted by atomic mass is 9.99. The van der Waals surface area contributed by atoms with Gasteiger partial charge in [0.15, 0.2) is 5.78 Å². The Bertz CT molecular complexity index is 1110. The highest BCUT2D eigenvalue weighted by atomic mass is 16.5. The van der Waals surface area contributed by atoms with Crippen molar-refractivity contribution in [3.05, 3.63) is 57.0 Å². The molecule has 2 aromatic heterocycles. The van der Waals surface area contributed by atoms with Crippen molar-refractivity contribution in [3.8, 4) is 5.75 Å². The normalized spacial score (nSPS) is 12.7. The Balaban J connectivity index is 2.03. The van der Waals surface area contributed by atoms with Gasteiger partial charge in [0, 0.05) is 30.2 Å². The number of Topliss-reactive ketones (excluding diaryl/α,β-unsaturated/α-hetero) is 1. The minimum atomic E-state index is -0.882. The molecule has 1 atom stereocenters. The Morgan fingerprint density at radius 3 is 2.63 bits per heavy atom. The Morgan fingerprint density at radius 2 is 1.94 bits per heavy atom. The number of aromatic hydroxyl groups is 1. The van der Waals surface area contributed by atoms with Gasteiger partial charge in [-0.3, -0.25) is 4.79 Å².